The smallest absolute Gasteiger partial charge is 0.234 e. The number of hydrogen-bond acceptors (Lipinski definition) is 5. The summed E-state index contributed by atoms with van der Waals surface area (Å²) in [5.41, 5.74) is 0. The summed E-state index contributed by atoms with van der Waals surface area (Å²) in [5.74, 6) is 0.118. The molecule has 0 aromatic carbocycles. The fourth-order valence-electron chi connectivity index (χ4n) is 3.04. The van der Waals surface area contributed by atoms with E-state index in [0.717, 1.165) is 32.4 Å². The number of nitrogens with zero attached hydrogens (tertiary/aromatic N) is 4. The fourth-order valence-corrected chi connectivity index (χ4v) is 3.75. The molecule has 1 aliphatic heterocycles. The van der Waals surface area contributed by atoms with Crippen molar-refractivity contribution in [3.8, 4) is 0 Å². The molecule has 1 fully saturated rings. The van der Waals surface area contributed by atoms with Crippen molar-refractivity contribution in [1.82, 2.24) is 25.0 Å². The molecule has 0 radical (unpaired) electrons. The molecule has 0 spiro atoms. The zero-order valence-corrected chi connectivity index (χ0v) is 14.0. The van der Waals surface area contributed by atoms with Gasteiger partial charge in [-0.25, -0.2) is 4.98 Å². The van der Waals surface area contributed by atoms with E-state index in [0.29, 0.717) is 19.1 Å². The molecule has 0 saturated carbocycles. The van der Waals surface area contributed by atoms with E-state index in [1.54, 1.807) is 24.0 Å². The van der Waals surface area contributed by atoms with E-state index in [1.807, 2.05) is 10.7 Å². The van der Waals surface area contributed by atoms with Gasteiger partial charge in [0.15, 0.2) is 0 Å². The zero-order valence-electron chi connectivity index (χ0n) is 13.2. The standard InChI is InChI=1S/C16H23N5OS/c22-16(18-7-6-15-5-3-9-23-15)11-20-8-2-1-4-14(20)10-21-13-17-12-19-21/h3,5,9,12-14H,1-2,4,6-8,10-11H2,(H,18,22). The van der Waals surface area contributed by atoms with Crippen LogP contribution in [-0.2, 0) is 17.8 Å². The maximum atomic E-state index is 12.2. The van der Waals surface area contributed by atoms with Crippen molar-refractivity contribution in [2.24, 2.45) is 0 Å². The highest BCUT2D eigenvalue weighted by Crippen LogP contribution is 2.17. The molecule has 23 heavy (non-hydrogen) atoms. The molecule has 1 unspecified atom stereocenters. The van der Waals surface area contributed by atoms with Crippen LogP contribution in [0.2, 0.25) is 0 Å². The van der Waals surface area contributed by atoms with Crippen LogP contribution in [0.4, 0.5) is 0 Å². The van der Waals surface area contributed by atoms with E-state index in [2.05, 4.69) is 31.7 Å². The molecule has 6 nitrogen and oxygen atoms in total. The monoisotopic (exact) mass is 333 g/mol. The quantitative estimate of drug-likeness (QED) is 0.835. The van der Waals surface area contributed by atoms with Crippen LogP contribution in [0.15, 0.2) is 30.2 Å². The van der Waals surface area contributed by atoms with Gasteiger partial charge < -0.3 is 5.32 Å². The lowest BCUT2D eigenvalue weighted by Crippen LogP contribution is -2.47. The molecule has 7 heteroatoms. The number of nitrogens with one attached hydrogen (secondary N) is 1. The van der Waals surface area contributed by atoms with Gasteiger partial charge in [0.1, 0.15) is 12.7 Å². The SMILES string of the molecule is O=C(CN1CCCCC1Cn1cncn1)NCCc1cccs1. The summed E-state index contributed by atoms with van der Waals surface area (Å²) in [5, 5.41) is 9.29. The topological polar surface area (TPSA) is 63.1 Å². The number of aromatic nitrogens is 3. The summed E-state index contributed by atoms with van der Waals surface area (Å²) in [6.45, 7) is 2.98. The molecular weight excluding hydrogens is 310 g/mol. The number of carbonyl (C=O) groups is 1. The van der Waals surface area contributed by atoms with E-state index in [-0.39, 0.29) is 5.91 Å². The molecule has 0 bridgehead atoms. The molecule has 0 aliphatic carbocycles. The first kappa shape index (κ1) is 16.1. The minimum absolute atomic E-state index is 0.118. The van der Waals surface area contributed by atoms with Gasteiger partial charge in [-0.05, 0) is 37.3 Å². The second-order valence-electron chi connectivity index (χ2n) is 5.92. The van der Waals surface area contributed by atoms with Crippen molar-refractivity contribution in [3.05, 3.63) is 35.0 Å². The molecule has 2 aromatic rings. The van der Waals surface area contributed by atoms with Gasteiger partial charge in [-0.2, -0.15) is 5.10 Å². The van der Waals surface area contributed by atoms with Gasteiger partial charge in [-0.15, -0.1) is 11.3 Å². The Hall–Kier alpha value is -1.73. The largest absolute Gasteiger partial charge is 0.355 e. The van der Waals surface area contributed by atoms with E-state index in [4.69, 9.17) is 0 Å². The Balaban J connectivity index is 1.45. The lowest BCUT2D eigenvalue weighted by Gasteiger charge is -2.35. The van der Waals surface area contributed by atoms with Crippen molar-refractivity contribution in [2.75, 3.05) is 19.6 Å². The van der Waals surface area contributed by atoms with Crippen molar-refractivity contribution < 1.29 is 4.79 Å². The lowest BCUT2D eigenvalue weighted by molar-refractivity contribution is -0.123. The number of thiophene rings is 1. The highest BCUT2D eigenvalue weighted by molar-refractivity contribution is 7.09. The maximum absolute atomic E-state index is 12.2. The predicted octanol–water partition coefficient (Wildman–Crippen LogP) is 1.55. The summed E-state index contributed by atoms with van der Waals surface area (Å²) in [4.78, 5) is 19.8. The van der Waals surface area contributed by atoms with Crippen LogP contribution < -0.4 is 5.32 Å². The molecule has 1 amide bonds. The number of rotatable bonds is 7. The van der Waals surface area contributed by atoms with E-state index < -0.39 is 0 Å². The Bertz CT molecular complexity index is 584. The van der Waals surface area contributed by atoms with Gasteiger partial charge in [-0.1, -0.05) is 12.5 Å². The molecular formula is C16H23N5OS. The summed E-state index contributed by atoms with van der Waals surface area (Å²) < 4.78 is 1.86. The third kappa shape index (κ3) is 4.87. The van der Waals surface area contributed by atoms with Gasteiger partial charge in [0.2, 0.25) is 5.91 Å². The minimum atomic E-state index is 0.118. The molecule has 3 rings (SSSR count). The number of carbonyl (C=O) groups excluding carboxylic acids is 1. The highest BCUT2D eigenvalue weighted by atomic mass is 32.1. The fraction of sp³-hybridized carbons (Fsp3) is 0.562. The molecule has 2 aromatic heterocycles. The van der Waals surface area contributed by atoms with Crippen LogP contribution in [0, 0.1) is 0 Å². The Morgan fingerprint density at radius 3 is 3.17 bits per heavy atom. The first-order chi connectivity index (χ1) is 11.3. The van der Waals surface area contributed by atoms with Crippen LogP contribution in [0.1, 0.15) is 24.1 Å². The highest BCUT2D eigenvalue weighted by Gasteiger charge is 2.24. The zero-order chi connectivity index (χ0) is 15.9. The Kier molecular flexibility index (Phi) is 5.76. The van der Waals surface area contributed by atoms with E-state index >= 15 is 0 Å². The minimum Gasteiger partial charge on any atom is -0.355 e. The second kappa shape index (κ2) is 8.21. The third-order valence-electron chi connectivity index (χ3n) is 4.23. The van der Waals surface area contributed by atoms with Crippen LogP contribution in [0.25, 0.3) is 0 Å². The second-order valence-corrected chi connectivity index (χ2v) is 6.95. The summed E-state index contributed by atoms with van der Waals surface area (Å²) in [7, 11) is 0. The third-order valence-corrected chi connectivity index (χ3v) is 5.17. The van der Waals surface area contributed by atoms with Gasteiger partial charge in [0.25, 0.3) is 0 Å². The van der Waals surface area contributed by atoms with Crippen LogP contribution in [-0.4, -0.2) is 51.2 Å². The van der Waals surface area contributed by atoms with Gasteiger partial charge >= 0.3 is 0 Å². The van der Waals surface area contributed by atoms with E-state index in [9.17, 15) is 4.79 Å². The number of likely N-dealkylation sites (tertiary alicyclic amines) is 1. The molecule has 1 atom stereocenters. The number of amides is 1. The molecule has 124 valence electrons. The predicted molar refractivity (Wildman–Crippen MR) is 90.3 cm³/mol. The average Bonchev–Trinajstić information content (AvgIpc) is 3.23. The molecule has 1 aliphatic rings. The maximum Gasteiger partial charge on any atom is 0.234 e. The first-order valence-electron chi connectivity index (χ1n) is 8.17. The van der Waals surface area contributed by atoms with Gasteiger partial charge in [-0.3, -0.25) is 14.4 Å². The van der Waals surface area contributed by atoms with Crippen LogP contribution in [0.5, 0.6) is 0 Å². The Morgan fingerprint density at radius 1 is 1.43 bits per heavy atom. The summed E-state index contributed by atoms with van der Waals surface area (Å²) >= 11 is 1.74. The van der Waals surface area contributed by atoms with Crippen molar-refractivity contribution >= 4 is 17.2 Å². The normalized spacial score (nSPS) is 18.9. The number of hydrogen-bond donors (Lipinski definition) is 1. The van der Waals surface area contributed by atoms with Crippen molar-refractivity contribution in [3.63, 3.8) is 0 Å². The number of piperidine rings is 1. The molecule has 1 saturated heterocycles. The van der Waals surface area contributed by atoms with Gasteiger partial charge in [0, 0.05) is 17.5 Å². The molecule has 3 heterocycles. The van der Waals surface area contributed by atoms with E-state index in [1.165, 1.54) is 11.3 Å². The van der Waals surface area contributed by atoms with Crippen LogP contribution in [0.3, 0.4) is 0 Å². The first-order valence-corrected chi connectivity index (χ1v) is 9.05. The van der Waals surface area contributed by atoms with Crippen LogP contribution >= 0.6 is 11.3 Å². The van der Waals surface area contributed by atoms with Crippen molar-refractivity contribution in [1.29, 1.82) is 0 Å². The summed E-state index contributed by atoms with van der Waals surface area (Å²) in [6, 6.07) is 4.52. The van der Waals surface area contributed by atoms with Gasteiger partial charge in [0.05, 0.1) is 13.1 Å². The lowest BCUT2D eigenvalue weighted by atomic mass is 10.0. The Morgan fingerprint density at radius 2 is 2.39 bits per heavy atom. The summed E-state index contributed by atoms with van der Waals surface area (Å²) in [6.07, 6.45) is 7.71. The van der Waals surface area contributed by atoms with Crippen molar-refractivity contribution in [2.45, 2.75) is 38.3 Å². The average molecular weight is 333 g/mol. The Labute approximate surface area is 140 Å². The molecule has 1 N–H and O–H groups in total.